The molecular weight excluding hydrogens is 269 g/mol. The van der Waals surface area contributed by atoms with Gasteiger partial charge in [0.25, 0.3) is 0 Å². The molecule has 0 saturated heterocycles. The van der Waals surface area contributed by atoms with Gasteiger partial charge in [0.1, 0.15) is 5.82 Å². The van der Waals surface area contributed by atoms with Gasteiger partial charge in [-0.2, -0.15) is 0 Å². The molecular formula is C17H16FNO2. The number of rotatable bonds is 3. The van der Waals surface area contributed by atoms with Crippen LogP contribution in [0.1, 0.15) is 27.0 Å². The van der Waals surface area contributed by atoms with Crippen LogP contribution >= 0.6 is 0 Å². The maximum atomic E-state index is 13.7. The van der Waals surface area contributed by atoms with E-state index in [-0.39, 0.29) is 5.82 Å². The number of hydrogen-bond acceptors (Lipinski definition) is 2. The van der Waals surface area contributed by atoms with Crippen LogP contribution in [0.15, 0.2) is 42.5 Å². The molecule has 4 heteroatoms. The number of aromatic carboxylic acids is 1. The summed E-state index contributed by atoms with van der Waals surface area (Å²) >= 11 is 0. The molecule has 2 aromatic rings. The fraction of sp³-hybridized carbons (Fsp3) is 0.235. The first-order valence-corrected chi connectivity index (χ1v) is 6.94. The maximum Gasteiger partial charge on any atom is 0.335 e. The monoisotopic (exact) mass is 285 g/mol. The number of carboxylic acids is 1. The van der Waals surface area contributed by atoms with Crippen molar-refractivity contribution in [2.45, 2.75) is 19.5 Å². The van der Waals surface area contributed by atoms with Gasteiger partial charge in [-0.05, 0) is 35.7 Å². The zero-order chi connectivity index (χ0) is 14.8. The van der Waals surface area contributed by atoms with Crippen molar-refractivity contribution in [1.29, 1.82) is 0 Å². The first-order valence-electron chi connectivity index (χ1n) is 6.94. The van der Waals surface area contributed by atoms with Crippen LogP contribution in [0.2, 0.25) is 0 Å². The Morgan fingerprint density at radius 3 is 2.76 bits per heavy atom. The number of benzene rings is 2. The van der Waals surface area contributed by atoms with E-state index in [9.17, 15) is 9.18 Å². The highest BCUT2D eigenvalue weighted by Crippen LogP contribution is 2.22. The van der Waals surface area contributed by atoms with Crippen molar-refractivity contribution in [3.8, 4) is 0 Å². The standard InChI is InChI=1S/C17H16FNO2/c18-16-4-2-1-3-14(16)10-19-8-7-12-5-6-13(17(20)21)9-15(12)11-19/h1-6,9H,7-8,10-11H2,(H,20,21). The van der Waals surface area contributed by atoms with E-state index in [0.29, 0.717) is 24.2 Å². The molecule has 1 aliphatic rings. The summed E-state index contributed by atoms with van der Waals surface area (Å²) in [7, 11) is 0. The number of fused-ring (bicyclic) bond motifs is 1. The van der Waals surface area contributed by atoms with Crippen LogP contribution in [0.3, 0.4) is 0 Å². The summed E-state index contributed by atoms with van der Waals surface area (Å²) in [5.74, 6) is -1.10. The van der Waals surface area contributed by atoms with Crippen molar-refractivity contribution in [2.24, 2.45) is 0 Å². The minimum absolute atomic E-state index is 0.192. The molecule has 0 radical (unpaired) electrons. The third-order valence-corrected chi connectivity index (χ3v) is 3.90. The average Bonchev–Trinajstić information content (AvgIpc) is 2.49. The van der Waals surface area contributed by atoms with Crippen molar-refractivity contribution in [3.05, 3.63) is 70.5 Å². The van der Waals surface area contributed by atoms with Crippen LogP contribution in [0.25, 0.3) is 0 Å². The Labute approximate surface area is 122 Å². The molecule has 0 aromatic heterocycles. The molecule has 0 aliphatic carbocycles. The number of hydrogen-bond donors (Lipinski definition) is 1. The Bertz CT molecular complexity index is 684. The molecule has 0 bridgehead atoms. The van der Waals surface area contributed by atoms with Crippen molar-refractivity contribution < 1.29 is 14.3 Å². The predicted octanol–water partition coefficient (Wildman–Crippen LogP) is 3.08. The molecule has 3 nitrogen and oxygen atoms in total. The van der Waals surface area contributed by atoms with Gasteiger partial charge in [-0.15, -0.1) is 0 Å². The molecule has 0 saturated carbocycles. The van der Waals surface area contributed by atoms with E-state index >= 15 is 0 Å². The van der Waals surface area contributed by atoms with Crippen LogP contribution in [-0.2, 0) is 19.5 Å². The van der Waals surface area contributed by atoms with Crippen molar-refractivity contribution >= 4 is 5.97 Å². The van der Waals surface area contributed by atoms with Crippen LogP contribution in [0, 0.1) is 5.82 Å². The van der Waals surface area contributed by atoms with Gasteiger partial charge >= 0.3 is 5.97 Å². The lowest BCUT2D eigenvalue weighted by atomic mass is 9.97. The minimum Gasteiger partial charge on any atom is -0.478 e. The largest absolute Gasteiger partial charge is 0.478 e. The van der Waals surface area contributed by atoms with Gasteiger partial charge in [0, 0.05) is 25.2 Å². The fourth-order valence-corrected chi connectivity index (χ4v) is 2.75. The molecule has 21 heavy (non-hydrogen) atoms. The molecule has 1 aliphatic heterocycles. The maximum absolute atomic E-state index is 13.7. The Morgan fingerprint density at radius 2 is 2.00 bits per heavy atom. The van der Waals surface area contributed by atoms with Gasteiger partial charge in [0.2, 0.25) is 0 Å². The highest BCUT2D eigenvalue weighted by molar-refractivity contribution is 5.87. The normalized spacial score (nSPS) is 14.7. The predicted molar refractivity (Wildman–Crippen MR) is 77.6 cm³/mol. The van der Waals surface area contributed by atoms with Crippen molar-refractivity contribution in [3.63, 3.8) is 0 Å². The summed E-state index contributed by atoms with van der Waals surface area (Å²) in [6, 6.07) is 12.0. The summed E-state index contributed by atoms with van der Waals surface area (Å²) in [5.41, 5.74) is 3.19. The highest BCUT2D eigenvalue weighted by atomic mass is 19.1. The summed E-state index contributed by atoms with van der Waals surface area (Å²) in [5, 5.41) is 9.06. The molecule has 0 unspecified atom stereocenters. The zero-order valence-electron chi connectivity index (χ0n) is 11.6. The minimum atomic E-state index is -0.913. The lowest BCUT2D eigenvalue weighted by Gasteiger charge is -2.29. The van der Waals surface area contributed by atoms with Gasteiger partial charge in [0.15, 0.2) is 0 Å². The van der Waals surface area contributed by atoms with E-state index in [2.05, 4.69) is 4.90 Å². The van der Waals surface area contributed by atoms with E-state index in [1.807, 2.05) is 12.1 Å². The van der Waals surface area contributed by atoms with E-state index in [1.54, 1.807) is 24.3 Å². The second kappa shape index (κ2) is 5.66. The van der Waals surface area contributed by atoms with E-state index in [4.69, 9.17) is 5.11 Å². The summed E-state index contributed by atoms with van der Waals surface area (Å²) < 4.78 is 13.7. The number of halogens is 1. The summed E-state index contributed by atoms with van der Waals surface area (Å²) in [6.07, 6.45) is 0.865. The molecule has 3 rings (SSSR count). The Kier molecular flexibility index (Phi) is 3.71. The lowest BCUT2D eigenvalue weighted by Crippen LogP contribution is -2.30. The van der Waals surface area contributed by atoms with Gasteiger partial charge in [-0.3, -0.25) is 4.90 Å². The first-order chi connectivity index (χ1) is 10.1. The van der Waals surface area contributed by atoms with Crippen molar-refractivity contribution in [1.82, 2.24) is 4.90 Å². The van der Waals surface area contributed by atoms with E-state index in [0.717, 1.165) is 18.5 Å². The van der Waals surface area contributed by atoms with Crippen LogP contribution < -0.4 is 0 Å². The smallest absolute Gasteiger partial charge is 0.335 e. The first kappa shape index (κ1) is 13.8. The van der Waals surface area contributed by atoms with Crippen LogP contribution in [0.4, 0.5) is 4.39 Å². The summed E-state index contributed by atoms with van der Waals surface area (Å²) in [4.78, 5) is 13.2. The molecule has 2 aromatic carbocycles. The average molecular weight is 285 g/mol. The van der Waals surface area contributed by atoms with Gasteiger partial charge in [-0.25, -0.2) is 9.18 Å². The number of carbonyl (C=O) groups is 1. The second-order valence-electron chi connectivity index (χ2n) is 5.34. The van der Waals surface area contributed by atoms with E-state index < -0.39 is 5.97 Å². The molecule has 0 fully saturated rings. The SMILES string of the molecule is O=C(O)c1ccc2c(c1)CN(Cc1ccccc1F)CC2. The molecule has 0 spiro atoms. The van der Waals surface area contributed by atoms with E-state index in [1.165, 1.54) is 11.6 Å². The van der Waals surface area contributed by atoms with Crippen LogP contribution in [0.5, 0.6) is 0 Å². The summed E-state index contributed by atoms with van der Waals surface area (Å²) in [6.45, 7) is 2.06. The Hall–Kier alpha value is -2.20. The third-order valence-electron chi connectivity index (χ3n) is 3.90. The third kappa shape index (κ3) is 2.95. The molecule has 0 amide bonds. The van der Waals surface area contributed by atoms with Gasteiger partial charge in [-0.1, -0.05) is 24.3 Å². The fourth-order valence-electron chi connectivity index (χ4n) is 2.75. The Morgan fingerprint density at radius 1 is 1.19 bits per heavy atom. The molecule has 0 atom stereocenters. The number of carboxylic acid groups (broad SMARTS) is 1. The quantitative estimate of drug-likeness (QED) is 0.942. The molecule has 1 N–H and O–H groups in total. The lowest BCUT2D eigenvalue weighted by molar-refractivity contribution is 0.0696. The highest BCUT2D eigenvalue weighted by Gasteiger charge is 2.18. The zero-order valence-corrected chi connectivity index (χ0v) is 11.6. The van der Waals surface area contributed by atoms with Crippen LogP contribution in [-0.4, -0.2) is 22.5 Å². The topological polar surface area (TPSA) is 40.5 Å². The van der Waals surface area contributed by atoms with Gasteiger partial charge in [0.05, 0.1) is 5.56 Å². The Balaban J connectivity index is 1.79. The second-order valence-corrected chi connectivity index (χ2v) is 5.34. The number of nitrogens with zero attached hydrogens (tertiary/aromatic N) is 1. The van der Waals surface area contributed by atoms with Gasteiger partial charge < -0.3 is 5.11 Å². The van der Waals surface area contributed by atoms with Crippen molar-refractivity contribution in [2.75, 3.05) is 6.54 Å². The molecule has 108 valence electrons. The molecule has 1 heterocycles.